The van der Waals surface area contributed by atoms with Crippen LogP contribution in [-0.4, -0.2) is 34.3 Å². The predicted octanol–water partition coefficient (Wildman–Crippen LogP) is 2.21. The third-order valence-corrected chi connectivity index (χ3v) is 7.88. The van der Waals surface area contributed by atoms with E-state index in [1.54, 1.807) is 0 Å². The van der Waals surface area contributed by atoms with Crippen molar-refractivity contribution in [2.75, 3.05) is 0 Å². The van der Waals surface area contributed by atoms with Gasteiger partial charge in [-0.3, -0.25) is 14.4 Å². The molecule has 0 saturated heterocycles. The molecule has 4 aliphatic rings. The van der Waals surface area contributed by atoms with Gasteiger partial charge in [0.05, 0.1) is 0 Å². The fraction of sp³-hybridized carbons (Fsp3) is 0.682. The van der Waals surface area contributed by atoms with Crippen molar-refractivity contribution < 1.29 is 24.2 Å². The number of aliphatic hydroxyl groups is 1. The Kier molecular flexibility index (Phi) is 4.12. The van der Waals surface area contributed by atoms with Gasteiger partial charge in [-0.1, -0.05) is 12.8 Å². The van der Waals surface area contributed by atoms with E-state index in [0.717, 1.165) is 19.3 Å². The maximum atomic E-state index is 12.9. The van der Waals surface area contributed by atoms with Crippen molar-refractivity contribution in [3.63, 3.8) is 0 Å². The summed E-state index contributed by atoms with van der Waals surface area (Å²) < 4.78 is 5.49. The maximum absolute atomic E-state index is 12.9. The Balaban J connectivity index is 1.72. The number of Topliss-reactive ketones (excluding diaryl/α,β-unsaturated/α-hetero) is 1. The summed E-state index contributed by atoms with van der Waals surface area (Å²) in [5.41, 5.74) is -0.988. The summed E-state index contributed by atoms with van der Waals surface area (Å²) in [6, 6.07) is 0. The molecule has 0 radical (unpaired) electrons. The molecule has 4 aliphatic carbocycles. The molecule has 5 heteroatoms. The molecule has 4 rings (SSSR count). The highest BCUT2D eigenvalue weighted by atomic mass is 16.5. The predicted molar refractivity (Wildman–Crippen MR) is 97.2 cm³/mol. The lowest BCUT2D eigenvalue weighted by Crippen LogP contribution is -2.55. The first kappa shape index (κ1) is 18.4. The second kappa shape index (κ2) is 6.04. The normalized spacial score (nSPS) is 45.9. The molecule has 27 heavy (non-hydrogen) atoms. The Morgan fingerprint density at radius 3 is 2.67 bits per heavy atom. The fourth-order valence-electron chi connectivity index (χ4n) is 6.60. The first-order valence-corrected chi connectivity index (χ1v) is 9.85. The quantitative estimate of drug-likeness (QED) is 0.565. The smallest absolute Gasteiger partial charge is 0.302 e. The molecule has 0 aromatic heterocycles. The van der Waals surface area contributed by atoms with Crippen molar-refractivity contribution in [1.29, 1.82) is 0 Å². The van der Waals surface area contributed by atoms with Gasteiger partial charge in [-0.2, -0.15) is 0 Å². The van der Waals surface area contributed by atoms with E-state index in [4.69, 9.17) is 11.2 Å². The molecular formula is C22H26O5. The van der Waals surface area contributed by atoms with Crippen LogP contribution in [0.3, 0.4) is 0 Å². The average Bonchev–Trinajstić information content (AvgIpc) is 2.87. The van der Waals surface area contributed by atoms with Crippen LogP contribution in [0.4, 0.5) is 0 Å². The highest BCUT2D eigenvalue weighted by molar-refractivity contribution is 6.05. The van der Waals surface area contributed by atoms with Crippen LogP contribution in [0.25, 0.3) is 0 Å². The zero-order valence-corrected chi connectivity index (χ0v) is 15.9. The van der Waals surface area contributed by atoms with E-state index in [9.17, 15) is 19.5 Å². The highest BCUT2D eigenvalue weighted by Crippen LogP contribution is 2.64. The molecule has 0 amide bonds. The summed E-state index contributed by atoms with van der Waals surface area (Å²) in [4.78, 5) is 36.6. The van der Waals surface area contributed by atoms with Gasteiger partial charge < -0.3 is 9.84 Å². The van der Waals surface area contributed by atoms with E-state index < -0.39 is 23.1 Å². The van der Waals surface area contributed by atoms with Gasteiger partial charge in [0.15, 0.2) is 11.6 Å². The minimum atomic E-state index is -1.13. The van der Waals surface area contributed by atoms with Crippen LogP contribution in [0, 0.1) is 41.4 Å². The number of carbonyl (C=O) groups excluding carboxylic acids is 3. The van der Waals surface area contributed by atoms with E-state index in [2.05, 4.69) is 12.8 Å². The highest BCUT2D eigenvalue weighted by Gasteiger charge is 2.63. The Morgan fingerprint density at radius 1 is 1.26 bits per heavy atom. The second-order valence-corrected chi connectivity index (χ2v) is 9.00. The molecule has 3 saturated carbocycles. The van der Waals surface area contributed by atoms with E-state index in [-0.39, 0.29) is 41.7 Å². The number of hydrogen-bond donors (Lipinski definition) is 1. The van der Waals surface area contributed by atoms with Crippen molar-refractivity contribution in [3.8, 4) is 12.3 Å². The van der Waals surface area contributed by atoms with Crippen LogP contribution >= 0.6 is 0 Å². The fourth-order valence-corrected chi connectivity index (χ4v) is 6.60. The molecule has 3 fully saturated rings. The third-order valence-electron chi connectivity index (χ3n) is 7.88. The molecule has 0 aromatic rings. The molecule has 0 heterocycles. The number of ketones is 2. The zero-order chi connectivity index (χ0) is 19.6. The molecule has 1 unspecified atom stereocenters. The van der Waals surface area contributed by atoms with Crippen LogP contribution in [0.5, 0.6) is 0 Å². The van der Waals surface area contributed by atoms with Crippen LogP contribution in [0.1, 0.15) is 52.4 Å². The lowest BCUT2D eigenvalue weighted by atomic mass is 9.50. The molecule has 0 aromatic carbocycles. The number of rotatable bonds is 1. The van der Waals surface area contributed by atoms with Crippen molar-refractivity contribution in [2.45, 2.75) is 64.1 Å². The number of hydrogen-bond acceptors (Lipinski definition) is 5. The van der Waals surface area contributed by atoms with Crippen molar-refractivity contribution in [1.82, 2.24) is 0 Å². The molecule has 1 N–H and O–H groups in total. The van der Waals surface area contributed by atoms with E-state index in [1.165, 1.54) is 13.0 Å². The van der Waals surface area contributed by atoms with E-state index in [1.807, 2.05) is 0 Å². The molecule has 0 bridgehead atoms. The largest absolute Gasteiger partial charge is 0.461 e. The van der Waals surface area contributed by atoms with Crippen LogP contribution < -0.4 is 0 Å². The zero-order valence-electron chi connectivity index (χ0n) is 15.9. The van der Waals surface area contributed by atoms with Gasteiger partial charge in [0.1, 0.15) is 11.7 Å². The summed E-state index contributed by atoms with van der Waals surface area (Å²) in [7, 11) is 0. The molecule has 0 aliphatic heterocycles. The number of ether oxygens (including phenoxy) is 1. The molecular weight excluding hydrogens is 344 g/mol. The Hall–Kier alpha value is -1.93. The molecule has 5 nitrogen and oxygen atoms in total. The van der Waals surface area contributed by atoms with Gasteiger partial charge in [0.2, 0.25) is 0 Å². The topological polar surface area (TPSA) is 80.7 Å². The van der Waals surface area contributed by atoms with Gasteiger partial charge in [-0.05, 0) is 49.5 Å². The van der Waals surface area contributed by atoms with Gasteiger partial charge in [-0.25, -0.2) is 0 Å². The summed E-state index contributed by atoms with van der Waals surface area (Å²) in [6.45, 7) is 3.40. The SMILES string of the molecule is C#C[C@]1(O)CC[C@H]2[C@@H]3CC(=O)C4=CC(=O)CC(OC(C)=O)[C@@H]4[C@H]3CC[C@@]21C. The van der Waals surface area contributed by atoms with Gasteiger partial charge in [-0.15, -0.1) is 6.42 Å². The average molecular weight is 370 g/mol. The minimum absolute atomic E-state index is 0.0214. The van der Waals surface area contributed by atoms with E-state index in [0.29, 0.717) is 18.4 Å². The van der Waals surface area contributed by atoms with Crippen molar-refractivity contribution >= 4 is 17.5 Å². The van der Waals surface area contributed by atoms with Gasteiger partial charge >= 0.3 is 5.97 Å². The third kappa shape index (κ3) is 2.53. The van der Waals surface area contributed by atoms with Gasteiger partial charge in [0.25, 0.3) is 0 Å². The van der Waals surface area contributed by atoms with Crippen molar-refractivity contribution in [2.24, 2.45) is 29.1 Å². The number of fused-ring (bicyclic) bond motifs is 5. The number of terminal acetylenes is 1. The standard InChI is InChI=1S/C22H26O5/c1-4-22(26)8-6-17-15-11-18(25)16-9-13(24)10-19(27-12(2)23)20(16)14(15)5-7-21(17,22)3/h1,9,14-15,17,19-20,26H,5-8,10-11H2,2-3H3/t14-,15+,17-,19?,20+,21-,22-/m0/s1. The lowest BCUT2D eigenvalue weighted by molar-refractivity contribution is -0.157. The minimum Gasteiger partial charge on any atom is -0.461 e. The monoisotopic (exact) mass is 370 g/mol. The molecule has 7 atom stereocenters. The number of carbonyl (C=O) groups is 3. The Bertz CT molecular complexity index is 789. The van der Waals surface area contributed by atoms with Crippen molar-refractivity contribution in [3.05, 3.63) is 11.6 Å². The summed E-state index contributed by atoms with van der Waals surface area (Å²) in [6.07, 6.45) is 10.1. The molecule has 0 spiro atoms. The summed E-state index contributed by atoms with van der Waals surface area (Å²) in [5.74, 6) is 2.25. The van der Waals surface area contributed by atoms with Gasteiger partial charge in [0, 0.05) is 36.7 Å². The Morgan fingerprint density at radius 2 is 2.00 bits per heavy atom. The van der Waals surface area contributed by atoms with Crippen LogP contribution in [0.2, 0.25) is 0 Å². The lowest BCUT2D eigenvalue weighted by Gasteiger charge is -2.55. The Labute approximate surface area is 159 Å². The van der Waals surface area contributed by atoms with E-state index >= 15 is 0 Å². The second-order valence-electron chi connectivity index (χ2n) is 9.00. The molecule has 144 valence electrons. The number of esters is 1. The summed E-state index contributed by atoms with van der Waals surface area (Å²) >= 11 is 0. The van der Waals surface area contributed by atoms with Crippen LogP contribution in [-0.2, 0) is 19.1 Å². The maximum Gasteiger partial charge on any atom is 0.302 e. The summed E-state index contributed by atoms with van der Waals surface area (Å²) in [5, 5.41) is 11.0. The first-order valence-electron chi connectivity index (χ1n) is 9.85. The first-order chi connectivity index (χ1) is 12.7. The van der Waals surface area contributed by atoms with Crippen LogP contribution in [0.15, 0.2) is 11.6 Å².